The summed E-state index contributed by atoms with van der Waals surface area (Å²) < 4.78 is 6.28. The minimum Gasteiger partial charge on any atom is -0.456 e. The summed E-state index contributed by atoms with van der Waals surface area (Å²) in [6.45, 7) is 0. The van der Waals surface area contributed by atoms with Crippen molar-refractivity contribution in [1.82, 2.24) is 15.0 Å². The Morgan fingerprint density at radius 3 is 1.59 bits per heavy atom. The Hall–Kier alpha value is -7.43. The van der Waals surface area contributed by atoms with Gasteiger partial charge in [0.25, 0.3) is 0 Å². The zero-order valence-corrected chi connectivity index (χ0v) is 33.7. The zero-order valence-electron chi connectivity index (χ0n) is 33.7. The van der Waals surface area contributed by atoms with E-state index in [9.17, 15) is 0 Å². The lowest BCUT2D eigenvalue weighted by atomic mass is 9.67. The lowest BCUT2D eigenvalue weighted by molar-refractivity contribution is 0.353. The second kappa shape index (κ2) is 14.4. The molecule has 1 saturated carbocycles. The van der Waals surface area contributed by atoms with E-state index in [0.29, 0.717) is 17.5 Å². The molecule has 8 aromatic carbocycles. The molecule has 0 saturated heterocycles. The van der Waals surface area contributed by atoms with Gasteiger partial charge in [-0.25, -0.2) is 15.0 Å². The molecule has 0 amide bonds. The van der Waals surface area contributed by atoms with Gasteiger partial charge in [0.05, 0.1) is 0 Å². The van der Waals surface area contributed by atoms with Crippen LogP contribution in [0.1, 0.15) is 43.2 Å². The number of rotatable bonds is 6. The van der Waals surface area contributed by atoms with Gasteiger partial charge in [-0.2, -0.15) is 0 Å². The van der Waals surface area contributed by atoms with Crippen LogP contribution in [0.5, 0.6) is 0 Å². The number of benzene rings is 8. The number of fused-ring (bicyclic) bond motifs is 8. The summed E-state index contributed by atoms with van der Waals surface area (Å²) >= 11 is 0. The van der Waals surface area contributed by atoms with Crippen molar-refractivity contribution < 1.29 is 4.42 Å². The van der Waals surface area contributed by atoms with Crippen LogP contribution in [-0.2, 0) is 5.41 Å². The van der Waals surface area contributed by atoms with Gasteiger partial charge in [0.2, 0.25) is 0 Å². The van der Waals surface area contributed by atoms with E-state index in [1.165, 1.54) is 76.6 Å². The molecule has 0 atom stereocenters. The molecule has 2 aromatic heterocycles. The number of para-hydroxylation sites is 1. The first-order valence-electron chi connectivity index (χ1n) is 21.5. The lowest BCUT2D eigenvalue weighted by Crippen LogP contribution is -2.28. The Morgan fingerprint density at radius 1 is 0.328 bits per heavy atom. The van der Waals surface area contributed by atoms with Crippen LogP contribution in [-0.4, -0.2) is 15.0 Å². The van der Waals surface area contributed by atoms with Crippen LogP contribution in [0.15, 0.2) is 192 Å². The van der Waals surface area contributed by atoms with Gasteiger partial charge < -0.3 is 4.42 Å². The Labute approximate surface area is 355 Å². The van der Waals surface area contributed by atoms with Crippen LogP contribution in [0.4, 0.5) is 0 Å². The normalized spacial score (nSPS) is 14.0. The third-order valence-electron chi connectivity index (χ3n) is 13.2. The van der Waals surface area contributed by atoms with Crippen molar-refractivity contribution in [2.45, 2.75) is 37.5 Å². The minimum atomic E-state index is 0.133. The Bertz CT molecular complexity index is 3270. The van der Waals surface area contributed by atoms with Gasteiger partial charge in [-0.3, -0.25) is 0 Å². The highest BCUT2D eigenvalue weighted by atomic mass is 16.3. The quantitative estimate of drug-likeness (QED) is 0.169. The van der Waals surface area contributed by atoms with E-state index in [4.69, 9.17) is 19.4 Å². The third kappa shape index (κ3) is 6.09. The van der Waals surface area contributed by atoms with E-state index in [2.05, 4.69) is 158 Å². The molecule has 2 heterocycles. The summed E-state index contributed by atoms with van der Waals surface area (Å²) in [5.74, 6) is 1.83. The van der Waals surface area contributed by atoms with Crippen LogP contribution in [0.25, 0.3) is 101 Å². The Balaban J connectivity index is 0.899. The highest BCUT2D eigenvalue weighted by Gasteiger charge is 2.43. The molecule has 1 fully saturated rings. The minimum absolute atomic E-state index is 0.133. The first-order valence-corrected chi connectivity index (χ1v) is 21.5. The van der Waals surface area contributed by atoms with E-state index >= 15 is 0 Å². The molecule has 2 aliphatic rings. The van der Waals surface area contributed by atoms with Crippen LogP contribution < -0.4 is 0 Å². The van der Waals surface area contributed by atoms with Crippen molar-refractivity contribution in [3.63, 3.8) is 0 Å². The first kappa shape index (κ1) is 35.5. The van der Waals surface area contributed by atoms with Gasteiger partial charge in [0.1, 0.15) is 11.2 Å². The van der Waals surface area contributed by atoms with Crippen LogP contribution >= 0.6 is 0 Å². The molecule has 4 nitrogen and oxygen atoms in total. The zero-order chi connectivity index (χ0) is 40.3. The molecule has 0 aliphatic heterocycles. The number of aromatic nitrogens is 3. The summed E-state index contributed by atoms with van der Waals surface area (Å²) in [7, 11) is 0. The van der Waals surface area contributed by atoms with Crippen molar-refractivity contribution in [2.75, 3.05) is 0 Å². The van der Waals surface area contributed by atoms with Gasteiger partial charge in [-0.15, -0.1) is 0 Å². The fraction of sp³-hybridized carbons (Fsp3) is 0.105. The van der Waals surface area contributed by atoms with Gasteiger partial charge in [0, 0.05) is 32.9 Å². The van der Waals surface area contributed by atoms with Crippen molar-refractivity contribution in [1.29, 1.82) is 0 Å². The third-order valence-corrected chi connectivity index (χ3v) is 13.2. The maximum Gasteiger partial charge on any atom is 0.164 e. The Kier molecular flexibility index (Phi) is 8.38. The van der Waals surface area contributed by atoms with Gasteiger partial charge in [-0.1, -0.05) is 177 Å². The average molecular weight is 784 g/mol. The topological polar surface area (TPSA) is 51.8 Å². The number of nitrogens with zero attached hydrogens (tertiary/aromatic N) is 3. The summed E-state index contributed by atoms with van der Waals surface area (Å²) in [6, 6.07) is 67.2. The Morgan fingerprint density at radius 2 is 0.836 bits per heavy atom. The molecule has 61 heavy (non-hydrogen) atoms. The van der Waals surface area contributed by atoms with Gasteiger partial charge in [-0.05, 0) is 98.8 Å². The number of furan rings is 1. The monoisotopic (exact) mass is 783 g/mol. The SMILES string of the molecule is c1ccc(-c2ccc(-c3nc(-c4ccc(-c5cccc(-c6ccc7c(c6)C6(CCCCC6)c6ccccc6-7)c5)cc4)nc(-c4ccc5c(c4)oc4ccccc45)n3)cc2)cc1. The first-order chi connectivity index (χ1) is 30.2. The molecule has 0 unspecified atom stereocenters. The maximum atomic E-state index is 6.28. The standard InChI is InChI=1S/C57H41N3O/c1-3-12-37(13-4-1)38-20-24-40(25-21-38)54-58-55(60-56(59-54)45-29-31-49-48-17-6-8-19-52(48)61-53(49)36-45)41-26-22-39(23-27-41)42-14-11-15-43(34-42)44-28-30-47-46-16-5-7-18-50(46)57(51(47)35-44)32-9-2-10-33-57/h1,3-8,11-31,34-36H,2,9-10,32-33H2. The molecule has 0 radical (unpaired) electrons. The van der Waals surface area contributed by atoms with Gasteiger partial charge in [0.15, 0.2) is 17.5 Å². The predicted octanol–water partition coefficient (Wildman–Crippen LogP) is 15.0. The van der Waals surface area contributed by atoms with Crippen LogP contribution in [0, 0.1) is 0 Å². The summed E-state index contributed by atoms with van der Waals surface area (Å²) in [6.07, 6.45) is 6.37. The molecule has 2 aliphatic carbocycles. The molecule has 12 rings (SSSR count). The van der Waals surface area contributed by atoms with E-state index in [-0.39, 0.29) is 5.41 Å². The number of hydrogen-bond acceptors (Lipinski definition) is 4. The van der Waals surface area contributed by atoms with E-state index in [1.54, 1.807) is 0 Å². The summed E-state index contributed by atoms with van der Waals surface area (Å²) in [5.41, 5.74) is 17.5. The van der Waals surface area contributed by atoms with E-state index in [1.807, 2.05) is 30.3 Å². The van der Waals surface area contributed by atoms with E-state index in [0.717, 1.165) is 49.8 Å². The van der Waals surface area contributed by atoms with Crippen molar-refractivity contribution >= 4 is 21.9 Å². The maximum absolute atomic E-state index is 6.28. The van der Waals surface area contributed by atoms with Crippen molar-refractivity contribution in [2.24, 2.45) is 0 Å². The average Bonchev–Trinajstić information content (AvgIpc) is 3.84. The molecular weight excluding hydrogens is 743 g/mol. The largest absolute Gasteiger partial charge is 0.456 e. The molecule has 10 aromatic rings. The second-order valence-electron chi connectivity index (χ2n) is 16.7. The number of hydrogen-bond donors (Lipinski definition) is 0. The predicted molar refractivity (Wildman–Crippen MR) is 249 cm³/mol. The molecule has 1 spiro atoms. The lowest BCUT2D eigenvalue weighted by Gasteiger charge is -2.36. The smallest absolute Gasteiger partial charge is 0.164 e. The molecule has 4 heteroatoms. The van der Waals surface area contributed by atoms with Crippen LogP contribution in [0.2, 0.25) is 0 Å². The second-order valence-corrected chi connectivity index (χ2v) is 16.7. The fourth-order valence-corrected chi connectivity index (χ4v) is 10.1. The van der Waals surface area contributed by atoms with Gasteiger partial charge >= 0.3 is 0 Å². The highest BCUT2D eigenvalue weighted by Crippen LogP contribution is 2.56. The van der Waals surface area contributed by atoms with Crippen molar-refractivity contribution in [3.8, 4) is 78.7 Å². The molecule has 290 valence electrons. The molecule has 0 bridgehead atoms. The summed E-state index contributed by atoms with van der Waals surface area (Å²) in [4.78, 5) is 15.2. The molecule has 0 N–H and O–H groups in total. The fourth-order valence-electron chi connectivity index (χ4n) is 10.1. The van der Waals surface area contributed by atoms with Crippen LogP contribution in [0.3, 0.4) is 0 Å². The van der Waals surface area contributed by atoms with E-state index < -0.39 is 0 Å². The highest BCUT2D eigenvalue weighted by molar-refractivity contribution is 6.05. The summed E-state index contributed by atoms with van der Waals surface area (Å²) in [5, 5.41) is 2.16. The molecular formula is C57H41N3O. The van der Waals surface area contributed by atoms with Crippen molar-refractivity contribution in [3.05, 3.63) is 199 Å².